The van der Waals surface area contributed by atoms with Crippen LogP contribution < -0.4 is 5.73 Å². The predicted octanol–water partition coefficient (Wildman–Crippen LogP) is 5.34. The largest absolute Gasteiger partial charge is 0.417 e. The maximum absolute atomic E-state index is 14.0. The van der Waals surface area contributed by atoms with E-state index in [4.69, 9.17) is 10.5 Å². The predicted molar refractivity (Wildman–Crippen MR) is 112 cm³/mol. The normalized spacial score (nSPS) is 20.2. The first-order valence-electron chi connectivity index (χ1n) is 10.9. The third kappa shape index (κ3) is 3.76. The number of primary amides is 1. The van der Waals surface area contributed by atoms with Gasteiger partial charge in [0.1, 0.15) is 5.60 Å². The number of likely N-dealkylation sites (tertiary alicyclic amines) is 1. The van der Waals surface area contributed by atoms with E-state index in [1.165, 1.54) is 7.11 Å². The monoisotopic (exact) mass is 486 g/mol. The summed E-state index contributed by atoms with van der Waals surface area (Å²) in [6.07, 6.45) is -7.70. The Hall–Kier alpha value is -2.59. The average Bonchev–Trinajstić information content (AvgIpc) is 3.38. The van der Waals surface area contributed by atoms with Gasteiger partial charge in [0.15, 0.2) is 0 Å². The Labute approximate surface area is 192 Å². The summed E-state index contributed by atoms with van der Waals surface area (Å²) in [5.74, 6) is -1.47. The van der Waals surface area contributed by atoms with Crippen LogP contribution in [0.5, 0.6) is 0 Å². The number of hydrogen-bond acceptors (Lipinski definition) is 3. The highest BCUT2D eigenvalue weighted by Crippen LogP contribution is 2.61. The molecule has 1 unspecified atom stereocenters. The molecule has 2 aromatic carbocycles. The zero-order valence-electron chi connectivity index (χ0n) is 18.4. The number of carbonyl (C=O) groups excluding carboxylic acids is 1. The van der Waals surface area contributed by atoms with Crippen molar-refractivity contribution in [2.24, 2.45) is 5.73 Å². The fourth-order valence-corrected chi connectivity index (χ4v) is 5.49. The van der Waals surface area contributed by atoms with Crippen LogP contribution in [0.15, 0.2) is 42.5 Å². The number of nitrogens with two attached hydrogens (primary N) is 1. The van der Waals surface area contributed by atoms with E-state index in [1.54, 1.807) is 30.3 Å². The molecule has 1 atom stereocenters. The third-order valence-electron chi connectivity index (χ3n) is 6.97. The van der Waals surface area contributed by atoms with Gasteiger partial charge >= 0.3 is 12.4 Å². The molecule has 10 heteroatoms. The minimum absolute atomic E-state index is 0.0512. The van der Waals surface area contributed by atoms with Crippen molar-refractivity contribution in [3.05, 3.63) is 70.3 Å². The number of benzene rings is 2. The molecular weight excluding hydrogens is 462 g/mol. The van der Waals surface area contributed by atoms with Gasteiger partial charge in [0.25, 0.3) is 0 Å². The van der Waals surface area contributed by atoms with Crippen molar-refractivity contribution in [1.82, 2.24) is 4.90 Å². The maximum Gasteiger partial charge on any atom is 0.417 e. The Balaban J connectivity index is 2.15. The molecule has 4 nitrogen and oxygen atoms in total. The highest BCUT2D eigenvalue weighted by atomic mass is 19.4. The van der Waals surface area contributed by atoms with E-state index >= 15 is 0 Å². The molecule has 1 aliphatic carbocycles. The molecule has 2 aliphatic rings. The van der Waals surface area contributed by atoms with Gasteiger partial charge in [0.2, 0.25) is 5.91 Å². The highest BCUT2D eigenvalue weighted by molar-refractivity contribution is 5.97. The van der Waals surface area contributed by atoms with Crippen molar-refractivity contribution in [2.75, 3.05) is 20.2 Å². The summed E-state index contributed by atoms with van der Waals surface area (Å²) in [6, 6.07) is 8.68. The molecule has 4 rings (SSSR count). The number of halogens is 6. The van der Waals surface area contributed by atoms with Crippen LogP contribution >= 0.6 is 0 Å². The summed E-state index contributed by atoms with van der Waals surface area (Å²) in [7, 11) is 1.25. The molecule has 1 saturated carbocycles. The molecule has 0 bridgehead atoms. The van der Waals surface area contributed by atoms with Crippen LogP contribution in [-0.4, -0.2) is 36.5 Å². The van der Waals surface area contributed by atoms with Crippen molar-refractivity contribution in [2.45, 2.75) is 49.2 Å². The molecule has 0 aromatic heterocycles. The average molecular weight is 486 g/mol. The van der Waals surface area contributed by atoms with Gasteiger partial charge in [-0.2, -0.15) is 26.3 Å². The summed E-state index contributed by atoms with van der Waals surface area (Å²) >= 11 is 0. The van der Waals surface area contributed by atoms with Gasteiger partial charge in [-0.1, -0.05) is 30.3 Å². The third-order valence-corrected chi connectivity index (χ3v) is 6.97. The van der Waals surface area contributed by atoms with E-state index in [-0.39, 0.29) is 6.07 Å². The molecule has 2 aromatic rings. The van der Waals surface area contributed by atoms with Gasteiger partial charge in [-0.05, 0) is 56.5 Å². The SMILES string of the molecule is COC(c1ccccc1)(c1cc(C(F)(F)F)cc(C(F)(F)F)c1C(N)=O)C1(N2CCCC2)CC1. The van der Waals surface area contributed by atoms with Gasteiger partial charge in [0.05, 0.1) is 22.2 Å². The van der Waals surface area contributed by atoms with E-state index in [1.807, 2.05) is 0 Å². The van der Waals surface area contributed by atoms with Crippen molar-refractivity contribution in [3.63, 3.8) is 0 Å². The van der Waals surface area contributed by atoms with E-state index in [9.17, 15) is 31.1 Å². The van der Waals surface area contributed by atoms with Crippen molar-refractivity contribution < 1.29 is 35.9 Å². The van der Waals surface area contributed by atoms with Crippen LogP contribution in [0.2, 0.25) is 0 Å². The van der Waals surface area contributed by atoms with Crippen LogP contribution in [-0.2, 0) is 22.7 Å². The zero-order chi connectivity index (χ0) is 24.9. The molecular formula is C24H24F6N2O2. The Morgan fingerprint density at radius 1 is 0.912 bits per heavy atom. The number of nitrogens with zero attached hydrogens (tertiary/aromatic N) is 1. The molecule has 1 saturated heterocycles. The minimum atomic E-state index is -5.25. The number of alkyl halides is 6. The first-order valence-corrected chi connectivity index (χ1v) is 10.9. The number of amides is 1. The Morgan fingerprint density at radius 2 is 1.47 bits per heavy atom. The fraction of sp³-hybridized carbons (Fsp3) is 0.458. The standard InChI is InChI=1S/C24H24F6N2O2/c1-34-22(15-7-3-2-4-8-15,21(9-10-21)32-11-5-6-12-32)17-13-16(23(25,26)27)14-18(24(28,29)30)19(17)20(31)33/h2-4,7-8,13-14H,5-6,9-12H2,1H3,(H2,31,33). The van der Waals surface area contributed by atoms with Crippen LogP contribution in [0, 0.1) is 0 Å². The van der Waals surface area contributed by atoms with Gasteiger partial charge < -0.3 is 10.5 Å². The van der Waals surface area contributed by atoms with Crippen LogP contribution in [0.25, 0.3) is 0 Å². The second-order valence-corrected chi connectivity index (χ2v) is 8.78. The molecule has 2 N–H and O–H groups in total. The lowest BCUT2D eigenvalue weighted by Gasteiger charge is -2.47. The second-order valence-electron chi connectivity index (χ2n) is 8.78. The number of hydrogen-bond donors (Lipinski definition) is 1. The first kappa shape index (κ1) is 24.5. The Morgan fingerprint density at radius 3 is 1.91 bits per heavy atom. The smallest absolute Gasteiger partial charge is 0.367 e. The minimum Gasteiger partial charge on any atom is -0.367 e. The van der Waals surface area contributed by atoms with Gasteiger partial charge in [-0.15, -0.1) is 0 Å². The fourth-order valence-electron chi connectivity index (χ4n) is 5.49. The number of carbonyl (C=O) groups is 1. The molecule has 184 valence electrons. The summed E-state index contributed by atoms with van der Waals surface area (Å²) in [5, 5.41) is 0. The topological polar surface area (TPSA) is 55.6 Å². The first-order chi connectivity index (χ1) is 15.9. The molecule has 1 amide bonds. The summed E-state index contributed by atoms with van der Waals surface area (Å²) < 4.78 is 89.6. The van der Waals surface area contributed by atoms with Crippen LogP contribution in [0.4, 0.5) is 26.3 Å². The Bertz CT molecular complexity index is 1070. The van der Waals surface area contributed by atoms with E-state index in [2.05, 4.69) is 4.90 Å². The lowest BCUT2D eigenvalue weighted by Crippen LogP contribution is -2.55. The molecule has 0 spiro atoms. The molecule has 34 heavy (non-hydrogen) atoms. The number of methoxy groups -OCH3 is 1. The van der Waals surface area contributed by atoms with Crippen molar-refractivity contribution in [1.29, 1.82) is 0 Å². The zero-order valence-corrected chi connectivity index (χ0v) is 18.4. The second kappa shape index (κ2) is 8.27. The summed E-state index contributed by atoms with van der Waals surface area (Å²) in [4.78, 5) is 14.5. The lowest BCUT2D eigenvalue weighted by molar-refractivity contribution is -0.144. The highest BCUT2D eigenvalue weighted by Gasteiger charge is 2.66. The molecule has 1 aliphatic heterocycles. The molecule has 2 fully saturated rings. The number of ether oxygens (including phenoxy) is 1. The van der Waals surface area contributed by atoms with Crippen LogP contribution in [0.1, 0.15) is 58.3 Å². The van der Waals surface area contributed by atoms with E-state index in [0.29, 0.717) is 37.6 Å². The lowest BCUT2D eigenvalue weighted by atomic mass is 9.73. The van der Waals surface area contributed by atoms with Gasteiger partial charge in [-0.3, -0.25) is 9.69 Å². The summed E-state index contributed by atoms with van der Waals surface area (Å²) in [6.45, 7) is 1.24. The van der Waals surface area contributed by atoms with Gasteiger partial charge in [0, 0.05) is 12.7 Å². The molecule has 0 radical (unpaired) electrons. The van der Waals surface area contributed by atoms with Crippen molar-refractivity contribution in [3.8, 4) is 0 Å². The van der Waals surface area contributed by atoms with Gasteiger partial charge in [-0.25, -0.2) is 0 Å². The Kier molecular flexibility index (Phi) is 5.96. The van der Waals surface area contributed by atoms with E-state index in [0.717, 1.165) is 12.8 Å². The quantitative estimate of drug-likeness (QED) is 0.561. The molecule has 1 heterocycles. The van der Waals surface area contributed by atoms with Crippen LogP contribution in [0.3, 0.4) is 0 Å². The van der Waals surface area contributed by atoms with E-state index < -0.39 is 51.7 Å². The number of rotatable bonds is 6. The van der Waals surface area contributed by atoms with Crippen molar-refractivity contribution >= 4 is 5.91 Å². The maximum atomic E-state index is 14.0. The summed E-state index contributed by atoms with van der Waals surface area (Å²) in [5.41, 5.74) is -1.68.